The molecular formula is C5H7NS. The average molecular weight is 113 g/mol. The van der Waals surface area contributed by atoms with Crippen LogP contribution >= 0.6 is 12.6 Å². The van der Waals surface area contributed by atoms with Gasteiger partial charge in [0.05, 0.1) is 6.07 Å². The molecular weight excluding hydrogens is 106 g/mol. The van der Waals surface area contributed by atoms with E-state index in [1.54, 1.807) is 12.2 Å². The molecule has 0 saturated heterocycles. The first-order valence-electron chi connectivity index (χ1n) is 2.01. The molecule has 1 atom stereocenters. The quantitative estimate of drug-likeness (QED) is 0.403. The van der Waals surface area contributed by atoms with Gasteiger partial charge in [0.1, 0.15) is 5.25 Å². The topological polar surface area (TPSA) is 23.8 Å². The van der Waals surface area contributed by atoms with Gasteiger partial charge in [0, 0.05) is 0 Å². The van der Waals surface area contributed by atoms with Crippen molar-refractivity contribution in [2.24, 2.45) is 0 Å². The maximum Gasteiger partial charge on any atom is 0.107 e. The second-order valence-corrected chi connectivity index (χ2v) is 1.66. The minimum Gasteiger partial charge on any atom is -0.197 e. The monoisotopic (exact) mass is 113 g/mol. The molecule has 0 spiro atoms. The lowest BCUT2D eigenvalue weighted by Gasteiger charge is -1.83. The van der Waals surface area contributed by atoms with Gasteiger partial charge in [-0.25, -0.2) is 0 Å². The Labute approximate surface area is 49.1 Å². The van der Waals surface area contributed by atoms with E-state index in [9.17, 15) is 0 Å². The van der Waals surface area contributed by atoms with E-state index in [4.69, 9.17) is 5.26 Å². The highest BCUT2D eigenvalue weighted by molar-refractivity contribution is 7.81. The van der Waals surface area contributed by atoms with Gasteiger partial charge < -0.3 is 0 Å². The fraction of sp³-hybridized carbons (Fsp3) is 0.400. The second-order valence-electron chi connectivity index (χ2n) is 1.10. The Kier molecular flexibility index (Phi) is 3.53. The summed E-state index contributed by atoms with van der Waals surface area (Å²) in [6, 6.07) is 1.94. The van der Waals surface area contributed by atoms with E-state index in [0.29, 0.717) is 0 Å². The number of rotatable bonds is 1. The Morgan fingerprint density at radius 2 is 2.43 bits per heavy atom. The SMILES string of the molecule is CC=CC(S)C#N. The van der Waals surface area contributed by atoms with Crippen LogP contribution in [0.3, 0.4) is 0 Å². The Hall–Kier alpha value is -0.420. The first-order valence-corrected chi connectivity index (χ1v) is 2.53. The zero-order valence-corrected chi connectivity index (χ0v) is 5.02. The largest absolute Gasteiger partial charge is 0.197 e. The van der Waals surface area contributed by atoms with Crippen LogP contribution in [0.1, 0.15) is 6.92 Å². The van der Waals surface area contributed by atoms with Crippen molar-refractivity contribution in [3.05, 3.63) is 12.2 Å². The Morgan fingerprint density at radius 3 is 2.57 bits per heavy atom. The third-order valence-electron chi connectivity index (χ3n) is 0.507. The highest BCUT2D eigenvalue weighted by Crippen LogP contribution is 1.91. The molecule has 0 aromatic carbocycles. The maximum absolute atomic E-state index is 8.09. The lowest BCUT2D eigenvalue weighted by molar-refractivity contribution is 1.37. The molecule has 0 aliphatic heterocycles. The summed E-state index contributed by atoms with van der Waals surface area (Å²) in [6.45, 7) is 1.86. The molecule has 2 heteroatoms. The van der Waals surface area contributed by atoms with Crippen molar-refractivity contribution in [2.75, 3.05) is 0 Å². The summed E-state index contributed by atoms with van der Waals surface area (Å²) in [5, 5.41) is 7.86. The van der Waals surface area contributed by atoms with Crippen LogP contribution in [0.2, 0.25) is 0 Å². The number of nitrogens with zero attached hydrogens (tertiary/aromatic N) is 1. The van der Waals surface area contributed by atoms with Gasteiger partial charge in [-0.15, -0.1) is 0 Å². The van der Waals surface area contributed by atoms with E-state index >= 15 is 0 Å². The van der Waals surface area contributed by atoms with Crippen LogP contribution in [0, 0.1) is 11.3 Å². The molecule has 1 unspecified atom stereocenters. The standard InChI is InChI=1S/C5H7NS/c1-2-3-5(7)4-6/h2-3,5,7H,1H3. The molecule has 0 aliphatic carbocycles. The highest BCUT2D eigenvalue weighted by Gasteiger charge is 1.86. The lowest BCUT2D eigenvalue weighted by Crippen LogP contribution is -1.82. The van der Waals surface area contributed by atoms with Gasteiger partial charge in [-0.05, 0) is 6.92 Å². The van der Waals surface area contributed by atoms with E-state index in [0.717, 1.165) is 0 Å². The first kappa shape index (κ1) is 6.58. The van der Waals surface area contributed by atoms with E-state index in [2.05, 4.69) is 12.6 Å². The summed E-state index contributed by atoms with van der Waals surface area (Å²) >= 11 is 3.86. The third-order valence-corrected chi connectivity index (χ3v) is 0.795. The van der Waals surface area contributed by atoms with Crippen molar-refractivity contribution in [2.45, 2.75) is 12.2 Å². The van der Waals surface area contributed by atoms with Crippen LogP contribution in [0.25, 0.3) is 0 Å². The van der Waals surface area contributed by atoms with Crippen molar-refractivity contribution in [3.8, 4) is 6.07 Å². The van der Waals surface area contributed by atoms with Gasteiger partial charge in [0.15, 0.2) is 0 Å². The number of allylic oxidation sites excluding steroid dienone is 1. The van der Waals surface area contributed by atoms with Crippen LogP contribution in [-0.2, 0) is 0 Å². The number of thiol groups is 1. The van der Waals surface area contributed by atoms with Gasteiger partial charge >= 0.3 is 0 Å². The minimum absolute atomic E-state index is 0.231. The van der Waals surface area contributed by atoms with Crippen molar-refractivity contribution in [1.29, 1.82) is 5.26 Å². The molecule has 0 aliphatic rings. The number of nitriles is 1. The Morgan fingerprint density at radius 1 is 1.86 bits per heavy atom. The molecule has 0 aromatic heterocycles. The maximum atomic E-state index is 8.09. The van der Waals surface area contributed by atoms with Gasteiger partial charge in [-0.1, -0.05) is 12.2 Å². The van der Waals surface area contributed by atoms with Gasteiger partial charge in [0.25, 0.3) is 0 Å². The molecule has 0 rings (SSSR count). The van der Waals surface area contributed by atoms with Crippen LogP contribution in [-0.4, -0.2) is 5.25 Å². The molecule has 0 aromatic rings. The number of hydrogen-bond donors (Lipinski definition) is 1. The smallest absolute Gasteiger partial charge is 0.107 e. The fourth-order valence-corrected chi connectivity index (χ4v) is 0.397. The van der Waals surface area contributed by atoms with Crippen LogP contribution in [0.15, 0.2) is 12.2 Å². The molecule has 0 bridgehead atoms. The van der Waals surface area contributed by atoms with E-state index in [1.165, 1.54) is 0 Å². The predicted molar refractivity (Wildman–Crippen MR) is 33.2 cm³/mol. The zero-order valence-electron chi connectivity index (χ0n) is 4.13. The summed E-state index contributed by atoms with van der Waals surface area (Å²) in [7, 11) is 0. The second kappa shape index (κ2) is 3.76. The Balaban J connectivity index is 3.42. The van der Waals surface area contributed by atoms with Crippen molar-refractivity contribution >= 4 is 12.6 Å². The van der Waals surface area contributed by atoms with Crippen LogP contribution < -0.4 is 0 Å². The molecule has 0 saturated carbocycles. The van der Waals surface area contributed by atoms with Gasteiger partial charge in [-0.3, -0.25) is 0 Å². The minimum atomic E-state index is -0.231. The van der Waals surface area contributed by atoms with Crippen molar-refractivity contribution in [1.82, 2.24) is 0 Å². The summed E-state index contributed by atoms with van der Waals surface area (Å²) in [5.74, 6) is 0. The molecule has 7 heavy (non-hydrogen) atoms. The molecule has 0 heterocycles. The molecule has 0 fully saturated rings. The normalized spacial score (nSPS) is 13.9. The van der Waals surface area contributed by atoms with E-state index in [-0.39, 0.29) is 5.25 Å². The lowest BCUT2D eigenvalue weighted by atomic mass is 10.4. The fourth-order valence-electron chi connectivity index (χ4n) is 0.225. The van der Waals surface area contributed by atoms with Crippen molar-refractivity contribution in [3.63, 3.8) is 0 Å². The number of hydrogen-bond acceptors (Lipinski definition) is 2. The van der Waals surface area contributed by atoms with Crippen LogP contribution in [0.5, 0.6) is 0 Å². The molecule has 0 radical (unpaired) electrons. The molecule has 0 amide bonds. The Bertz CT molecular complexity index is 101. The highest BCUT2D eigenvalue weighted by atomic mass is 32.1. The summed E-state index contributed by atoms with van der Waals surface area (Å²) in [6.07, 6.45) is 3.53. The molecule has 0 N–H and O–H groups in total. The van der Waals surface area contributed by atoms with Crippen LogP contribution in [0.4, 0.5) is 0 Å². The summed E-state index contributed by atoms with van der Waals surface area (Å²) in [4.78, 5) is 0. The molecule has 38 valence electrons. The average Bonchev–Trinajstić information content (AvgIpc) is 1.68. The van der Waals surface area contributed by atoms with Gasteiger partial charge in [-0.2, -0.15) is 17.9 Å². The zero-order chi connectivity index (χ0) is 5.70. The summed E-state index contributed by atoms with van der Waals surface area (Å²) < 4.78 is 0. The van der Waals surface area contributed by atoms with E-state index in [1.807, 2.05) is 13.0 Å². The van der Waals surface area contributed by atoms with E-state index < -0.39 is 0 Å². The predicted octanol–water partition coefficient (Wildman–Crippen LogP) is 1.38. The van der Waals surface area contributed by atoms with Crippen molar-refractivity contribution < 1.29 is 0 Å². The first-order chi connectivity index (χ1) is 3.31. The summed E-state index contributed by atoms with van der Waals surface area (Å²) in [5.41, 5.74) is 0. The van der Waals surface area contributed by atoms with Gasteiger partial charge in [0.2, 0.25) is 0 Å². The molecule has 1 nitrogen and oxygen atoms in total. The third kappa shape index (κ3) is 3.41.